The first-order chi connectivity index (χ1) is 12.9. The quantitative estimate of drug-likeness (QED) is 0.452. The van der Waals surface area contributed by atoms with Crippen molar-refractivity contribution in [3.05, 3.63) is 55.0 Å². The number of ether oxygens (including phenoxy) is 2. The van der Waals surface area contributed by atoms with E-state index in [0.29, 0.717) is 26.6 Å². The Hall–Kier alpha value is -1.71. The average molecular weight is 515 g/mol. The minimum atomic E-state index is -0.191. The molecule has 5 nitrogen and oxygen atoms in total. The summed E-state index contributed by atoms with van der Waals surface area (Å²) in [6.07, 6.45) is 1.80. The number of amidine groups is 1. The highest BCUT2D eigenvalue weighted by Gasteiger charge is 2.24. The predicted octanol–water partition coefficient (Wildman–Crippen LogP) is 5.16. The third kappa shape index (κ3) is 4.41. The van der Waals surface area contributed by atoms with E-state index in [9.17, 15) is 4.79 Å². The molecule has 1 fully saturated rings. The summed E-state index contributed by atoms with van der Waals surface area (Å²) < 4.78 is 11.6. The van der Waals surface area contributed by atoms with E-state index in [1.165, 1.54) is 11.8 Å². The van der Waals surface area contributed by atoms with Gasteiger partial charge in [0.25, 0.3) is 5.91 Å². The molecule has 0 atom stereocenters. The van der Waals surface area contributed by atoms with Crippen LogP contribution < -0.4 is 14.8 Å². The number of amides is 1. The van der Waals surface area contributed by atoms with E-state index < -0.39 is 0 Å². The van der Waals surface area contributed by atoms with Gasteiger partial charge in [0.05, 0.1) is 28.4 Å². The fourth-order valence-corrected chi connectivity index (χ4v) is 4.33. The molecular formula is C19H16ClIN2O3S. The molecule has 8 heteroatoms. The maximum atomic E-state index is 12.3. The van der Waals surface area contributed by atoms with Crippen LogP contribution in [0.25, 0.3) is 6.08 Å². The average Bonchev–Trinajstić information content (AvgIpc) is 2.97. The number of methoxy groups -OCH3 is 2. The fourth-order valence-electron chi connectivity index (χ4n) is 2.48. The molecule has 0 radical (unpaired) electrons. The molecule has 3 rings (SSSR count). The third-order valence-electron chi connectivity index (χ3n) is 3.87. The largest absolute Gasteiger partial charge is 0.493 e. The summed E-state index contributed by atoms with van der Waals surface area (Å²) in [4.78, 5) is 17.4. The first kappa shape index (κ1) is 20.0. The van der Waals surface area contributed by atoms with Gasteiger partial charge in [-0.2, -0.15) is 0 Å². The highest BCUT2D eigenvalue weighted by Crippen LogP contribution is 2.36. The number of thioether (sulfide) groups is 1. The number of nitrogens with one attached hydrogen (secondary N) is 1. The van der Waals surface area contributed by atoms with Crippen molar-refractivity contribution in [2.24, 2.45) is 4.99 Å². The number of hydrogen-bond acceptors (Lipinski definition) is 5. The zero-order chi connectivity index (χ0) is 19.6. The molecule has 2 aromatic carbocycles. The Labute approximate surface area is 180 Å². The van der Waals surface area contributed by atoms with E-state index >= 15 is 0 Å². The normalized spacial score (nSPS) is 16.7. The maximum absolute atomic E-state index is 12.3. The zero-order valence-electron chi connectivity index (χ0n) is 14.8. The van der Waals surface area contributed by atoms with Crippen LogP contribution in [0.1, 0.15) is 11.1 Å². The monoisotopic (exact) mass is 514 g/mol. The van der Waals surface area contributed by atoms with Gasteiger partial charge in [-0.1, -0.05) is 17.7 Å². The summed E-state index contributed by atoms with van der Waals surface area (Å²) in [5.74, 6) is 1.09. The van der Waals surface area contributed by atoms with Crippen LogP contribution in [0, 0.1) is 10.5 Å². The summed E-state index contributed by atoms with van der Waals surface area (Å²) in [6, 6.07) is 9.26. The summed E-state index contributed by atoms with van der Waals surface area (Å²) in [6.45, 7) is 1.89. The van der Waals surface area contributed by atoms with E-state index in [2.05, 4.69) is 32.9 Å². The van der Waals surface area contributed by atoms with Crippen molar-refractivity contribution in [3.63, 3.8) is 0 Å². The van der Waals surface area contributed by atoms with Gasteiger partial charge >= 0.3 is 0 Å². The third-order valence-corrected chi connectivity index (χ3v) is 5.99. The molecule has 0 aromatic heterocycles. The molecule has 0 spiro atoms. The van der Waals surface area contributed by atoms with Gasteiger partial charge < -0.3 is 14.8 Å². The molecule has 0 aliphatic carbocycles. The second-order valence-electron chi connectivity index (χ2n) is 5.60. The highest BCUT2D eigenvalue weighted by atomic mass is 127. The van der Waals surface area contributed by atoms with Crippen molar-refractivity contribution in [2.45, 2.75) is 6.92 Å². The van der Waals surface area contributed by atoms with E-state index in [1.54, 1.807) is 20.3 Å². The van der Waals surface area contributed by atoms with Crippen molar-refractivity contribution >= 4 is 68.8 Å². The van der Waals surface area contributed by atoms with E-state index in [0.717, 1.165) is 20.4 Å². The second-order valence-corrected chi connectivity index (χ2v) is 8.20. The molecule has 0 bridgehead atoms. The first-order valence-electron chi connectivity index (χ1n) is 7.89. The summed E-state index contributed by atoms with van der Waals surface area (Å²) >= 11 is 9.59. The topological polar surface area (TPSA) is 59.9 Å². The van der Waals surface area contributed by atoms with Gasteiger partial charge in [0.1, 0.15) is 0 Å². The Morgan fingerprint density at radius 2 is 2.04 bits per heavy atom. The molecule has 1 amide bonds. The smallest absolute Gasteiger partial charge is 0.264 e. The fraction of sp³-hybridized carbons (Fsp3) is 0.158. The number of benzene rings is 2. The van der Waals surface area contributed by atoms with Crippen molar-refractivity contribution in [3.8, 4) is 11.5 Å². The number of rotatable bonds is 4. The Kier molecular flexibility index (Phi) is 6.33. The lowest BCUT2D eigenvalue weighted by Crippen LogP contribution is -2.19. The van der Waals surface area contributed by atoms with Crippen molar-refractivity contribution in [1.29, 1.82) is 0 Å². The van der Waals surface area contributed by atoms with Gasteiger partial charge in [0.15, 0.2) is 16.7 Å². The van der Waals surface area contributed by atoms with Crippen LogP contribution >= 0.6 is 46.0 Å². The van der Waals surface area contributed by atoms with E-state index in [1.807, 2.05) is 37.3 Å². The van der Waals surface area contributed by atoms with Gasteiger partial charge in [-0.05, 0) is 82.7 Å². The van der Waals surface area contributed by atoms with Crippen molar-refractivity contribution in [2.75, 3.05) is 14.2 Å². The lowest BCUT2D eigenvalue weighted by atomic mass is 10.2. The summed E-state index contributed by atoms with van der Waals surface area (Å²) in [5.41, 5.74) is 2.44. The number of halogens is 2. The van der Waals surface area contributed by atoms with E-state index in [-0.39, 0.29) is 5.91 Å². The van der Waals surface area contributed by atoms with Crippen LogP contribution in [0.5, 0.6) is 11.5 Å². The molecule has 1 N–H and O–H groups in total. The van der Waals surface area contributed by atoms with Crippen LogP contribution in [-0.4, -0.2) is 25.3 Å². The molecule has 27 heavy (non-hydrogen) atoms. The lowest BCUT2D eigenvalue weighted by Gasteiger charge is -2.10. The number of carbonyl (C=O) groups excluding carboxylic acids is 1. The van der Waals surface area contributed by atoms with Crippen LogP contribution in [0.3, 0.4) is 0 Å². The number of carbonyl (C=O) groups is 1. The standard InChI is InChI=1S/C19H16ClIN2O3S/c1-10-12(20)5-4-6-14(10)22-19-23-18(24)16(27-19)9-11-7-13(21)17(26-3)15(8-11)25-2/h4-9H,1-3H3,(H,22,23,24). The molecule has 0 saturated carbocycles. The Bertz CT molecular complexity index is 976. The molecule has 1 aliphatic rings. The van der Waals surface area contributed by atoms with Crippen LogP contribution in [0.15, 0.2) is 40.2 Å². The van der Waals surface area contributed by atoms with Gasteiger partial charge in [0.2, 0.25) is 0 Å². The SMILES string of the molecule is COc1cc(C=C2SC(=Nc3cccc(Cl)c3C)NC2=O)cc(I)c1OC. The second kappa shape index (κ2) is 8.53. The van der Waals surface area contributed by atoms with Gasteiger partial charge in [-0.25, -0.2) is 4.99 Å². The molecule has 1 heterocycles. The van der Waals surface area contributed by atoms with Crippen LogP contribution in [0.2, 0.25) is 5.02 Å². The lowest BCUT2D eigenvalue weighted by molar-refractivity contribution is -0.115. The molecule has 140 valence electrons. The number of aliphatic imine (C=N–C) groups is 1. The number of nitrogens with zero attached hydrogens (tertiary/aromatic N) is 1. The molecule has 1 saturated heterocycles. The highest BCUT2D eigenvalue weighted by molar-refractivity contribution is 14.1. The molecule has 2 aromatic rings. The molecular weight excluding hydrogens is 499 g/mol. The van der Waals surface area contributed by atoms with Gasteiger partial charge in [0, 0.05) is 5.02 Å². The summed E-state index contributed by atoms with van der Waals surface area (Å²) in [5, 5.41) is 3.95. The van der Waals surface area contributed by atoms with E-state index in [4.69, 9.17) is 21.1 Å². The van der Waals surface area contributed by atoms with Gasteiger partial charge in [-0.3, -0.25) is 4.79 Å². The Balaban J connectivity index is 1.91. The minimum Gasteiger partial charge on any atom is -0.493 e. The first-order valence-corrected chi connectivity index (χ1v) is 10.2. The van der Waals surface area contributed by atoms with Crippen LogP contribution in [-0.2, 0) is 4.79 Å². The van der Waals surface area contributed by atoms with Crippen molar-refractivity contribution < 1.29 is 14.3 Å². The van der Waals surface area contributed by atoms with Crippen LogP contribution in [0.4, 0.5) is 5.69 Å². The van der Waals surface area contributed by atoms with Gasteiger partial charge in [-0.15, -0.1) is 0 Å². The van der Waals surface area contributed by atoms with Crippen molar-refractivity contribution in [1.82, 2.24) is 5.32 Å². The summed E-state index contributed by atoms with van der Waals surface area (Å²) in [7, 11) is 3.18. The molecule has 1 aliphatic heterocycles. The zero-order valence-corrected chi connectivity index (χ0v) is 18.5. The minimum absolute atomic E-state index is 0.191. The Morgan fingerprint density at radius 3 is 2.74 bits per heavy atom. The predicted molar refractivity (Wildman–Crippen MR) is 119 cm³/mol. The number of hydrogen-bond donors (Lipinski definition) is 1. The maximum Gasteiger partial charge on any atom is 0.264 e. The Morgan fingerprint density at radius 1 is 1.26 bits per heavy atom. The molecule has 0 unspecified atom stereocenters.